The van der Waals surface area contributed by atoms with E-state index in [9.17, 15) is 0 Å². The van der Waals surface area contributed by atoms with E-state index in [1.165, 1.54) is 45.4 Å². The van der Waals surface area contributed by atoms with Crippen LogP contribution in [0.5, 0.6) is 0 Å². The second-order valence-electron chi connectivity index (χ2n) is 4.50. The molecule has 2 aliphatic heterocycles. The van der Waals surface area contributed by atoms with Crippen molar-refractivity contribution < 1.29 is 4.74 Å². The summed E-state index contributed by atoms with van der Waals surface area (Å²) in [6.07, 6.45) is 5.99. The van der Waals surface area contributed by atoms with Crippen molar-refractivity contribution >= 4 is 0 Å². The number of nitrogens with one attached hydrogen (secondary N) is 1. The summed E-state index contributed by atoms with van der Waals surface area (Å²) in [6, 6.07) is 0.783. The third-order valence-corrected chi connectivity index (χ3v) is 3.48. The third kappa shape index (κ3) is 3.03. The van der Waals surface area contributed by atoms with Crippen molar-refractivity contribution in [2.75, 3.05) is 32.8 Å². The van der Waals surface area contributed by atoms with Gasteiger partial charge >= 0.3 is 0 Å². The van der Waals surface area contributed by atoms with Crippen LogP contribution in [-0.4, -0.2) is 49.8 Å². The summed E-state index contributed by atoms with van der Waals surface area (Å²) in [5.41, 5.74) is 0. The van der Waals surface area contributed by atoms with Gasteiger partial charge in [-0.15, -0.1) is 6.58 Å². The van der Waals surface area contributed by atoms with Gasteiger partial charge in [-0.1, -0.05) is 6.08 Å². The number of hydrogen-bond acceptors (Lipinski definition) is 3. The molecule has 2 aliphatic rings. The van der Waals surface area contributed by atoms with Gasteiger partial charge in [-0.25, -0.2) is 0 Å². The van der Waals surface area contributed by atoms with Crippen LogP contribution in [0.4, 0.5) is 0 Å². The molecule has 0 aromatic heterocycles. The second-order valence-corrected chi connectivity index (χ2v) is 4.50. The smallest absolute Gasteiger partial charge is 0.0648 e. The number of rotatable bonds is 4. The summed E-state index contributed by atoms with van der Waals surface area (Å²) in [6.45, 7) is 9.16. The number of hydrogen-bond donors (Lipinski definition) is 1. The van der Waals surface area contributed by atoms with Crippen molar-refractivity contribution in [3.05, 3.63) is 12.7 Å². The molecule has 2 rings (SSSR count). The van der Waals surface area contributed by atoms with Crippen LogP contribution in [0.25, 0.3) is 0 Å². The summed E-state index contributed by atoms with van der Waals surface area (Å²) in [4.78, 5) is 2.62. The minimum absolute atomic E-state index is 0.466. The van der Waals surface area contributed by atoms with Crippen molar-refractivity contribution in [1.82, 2.24) is 10.2 Å². The molecule has 2 saturated heterocycles. The summed E-state index contributed by atoms with van der Waals surface area (Å²) in [7, 11) is 0. The predicted molar refractivity (Wildman–Crippen MR) is 62.0 cm³/mol. The Labute approximate surface area is 92.5 Å². The lowest BCUT2D eigenvalue weighted by molar-refractivity contribution is 0.0131. The molecule has 2 fully saturated rings. The SMILES string of the molecule is C=CCOC1CCN(C2CCNC2)CC1. The van der Waals surface area contributed by atoms with Gasteiger partial charge in [-0.2, -0.15) is 0 Å². The highest BCUT2D eigenvalue weighted by Gasteiger charge is 2.26. The van der Waals surface area contributed by atoms with E-state index in [1.54, 1.807) is 0 Å². The Hall–Kier alpha value is -0.380. The largest absolute Gasteiger partial charge is 0.374 e. The molecule has 3 nitrogen and oxygen atoms in total. The van der Waals surface area contributed by atoms with Crippen LogP contribution in [0.3, 0.4) is 0 Å². The lowest BCUT2D eigenvalue weighted by Gasteiger charge is -2.35. The van der Waals surface area contributed by atoms with Gasteiger partial charge < -0.3 is 10.1 Å². The number of nitrogens with zero attached hydrogens (tertiary/aromatic N) is 1. The Bertz CT molecular complexity index is 194. The zero-order valence-electron chi connectivity index (χ0n) is 9.45. The highest BCUT2D eigenvalue weighted by Crippen LogP contribution is 2.18. The van der Waals surface area contributed by atoms with E-state index in [-0.39, 0.29) is 0 Å². The summed E-state index contributed by atoms with van der Waals surface area (Å²) in [5.74, 6) is 0. The predicted octanol–water partition coefficient (Wildman–Crippen LogP) is 1.02. The van der Waals surface area contributed by atoms with Gasteiger partial charge in [0.2, 0.25) is 0 Å². The van der Waals surface area contributed by atoms with Crippen LogP contribution in [0.15, 0.2) is 12.7 Å². The molecule has 0 aromatic rings. The van der Waals surface area contributed by atoms with Crippen LogP contribution in [0.1, 0.15) is 19.3 Å². The molecule has 0 bridgehead atoms. The maximum Gasteiger partial charge on any atom is 0.0648 e. The van der Waals surface area contributed by atoms with Crippen LogP contribution < -0.4 is 5.32 Å². The van der Waals surface area contributed by atoms with Crippen LogP contribution in [0.2, 0.25) is 0 Å². The average Bonchev–Trinajstić information content (AvgIpc) is 2.80. The first-order chi connectivity index (χ1) is 7.40. The number of likely N-dealkylation sites (tertiary alicyclic amines) is 1. The van der Waals surface area contributed by atoms with Crippen LogP contribution in [-0.2, 0) is 4.74 Å². The van der Waals surface area contributed by atoms with Crippen molar-refractivity contribution in [2.45, 2.75) is 31.4 Å². The lowest BCUT2D eigenvalue weighted by atomic mass is 10.1. The molecule has 0 radical (unpaired) electrons. The average molecular weight is 210 g/mol. The van der Waals surface area contributed by atoms with Crippen LogP contribution in [0, 0.1) is 0 Å². The molecule has 3 heteroatoms. The fourth-order valence-corrected chi connectivity index (χ4v) is 2.56. The first kappa shape index (κ1) is 11.1. The van der Waals surface area contributed by atoms with E-state index in [0.29, 0.717) is 12.7 Å². The van der Waals surface area contributed by atoms with Gasteiger partial charge in [-0.05, 0) is 25.8 Å². The fourth-order valence-electron chi connectivity index (χ4n) is 2.56. The monoisotopic (exact) mass is 210 g/mol. The Kier molecular flexibility index (Phi) is 4.18. The van der Waals surface area contributed by atoms with E-state index >= 15 is 0 Å². The minimum Gasteiger partial charge on any atom is -0.374 e. The fraction of sp³-hybridized carbons (Fsp3) is 0.833. The zero-order valence-corrected chi connectivity index (χ0v) is 9.45. The van der Waals surface area contributed by atoms with E-state index in [4.69, 9.17) is 4.74 Å². The maximum atomic E-state index is 5.68. The molecule has 0 aromatic carbocycles. The third-order valence-electron chi connectivity index (χ3n) is 3.48. The highest BCUT2D eigenvalue weighted by atomic mass is 16.5. The molecule has 2 heterocycles. The standard InChI is InChI=1S/C12H22N2O/c1-2-9-15-12-4-7-14(8-5-12)11-3-6-13-10-11/h2,11-13H,1,3-10H2. The summed E-state index contributed by atoms with van der Waals surface area (Å²) >= 11 is 0. The second kappa shape index (κ2) is 5.64. The first-order valence-corrected chi connectivity index (χ1v) is 6.07. The summed E-state index contributed by atoms with van der Waals surface area (Å²) in [5, 5.41) is 3.43. The molecule has 86 valence electrons. The van der Waals surface area contributed by atoms with E-state index in [0.717, 1.165) is 6.04 Å². The Morgan fingerprint density at radius 2 is 2.13 bits per heavy atom. The number of ether oxygens (including phenoxy) is 1. The van der Waals surface area contributed by atoms with Crippen molar-refractivity contribution in [2.24, 2.45) is 0 Å². The molecule has 1 N–H and O–H groups in total. The maximum absolute atomic E-state index is 5.68. The van der Waals surface area contributed by atoms with Crippen molar-refractivity contribution in [3.8, 4) is 0 Å². The van der Waals surface area contributed by atoms with Crippen molar-refractivity contribution in [3.63, 3.8) is 0 Å². The zero-order chi connectivity index (χ0) is 10.5. The molecular formula is C12H22N2O. The van der Waals surface area contributed by atoms with E-state index in [2.05, 4.69) is 16.8 Å². The quantitative estimate of drug-likeness (QED) is 0.701. The van der Waals surface area contributed by atoms with Gasteiger partial charge in [0.25, 0.3) is 0 Å². The van der Waals surface area contributed by atoms with Crippen LogP contribution >= 0.6 is 0 Å². The molecule has 1 unspecified atom stereocenters. The number of piperidine rings is 1. The summed E-state index contributed by atoms with van der Waals surface area (Å²) < 4.78 is 5.68. The van der Waals surface area contributed by atoms with Gasteiger partial charge in [0.15, 0.2) is 0 Å². The highest BCUT2D eigenvalue weighted by molar-refractivity contribution is 4.84. The molecular weight excluding hydrogens is 188 g/mol. The van der Waals surface area contributed by atoms with Gasteiger partial charge in [0.1, 0.15) is 0 Å². The van der Waals surface area contributed by atoms with Crippen molar-refractivity contribution in [1.29, 1.82) is 0 Å². The van der Waals surface area contributed by atoms with E-state index in [1.807, 2.05) is 6.08 Å². The molecule has 0 aliphatic carbocycles. The Balaban J connectivity index is 1.69. The normalized spacial score (nSPS) is 29.5. The van der Waals surface area contributed by atoms with Gasteiger partial charge in [-0.3, -0.25) is 4.90 Å². The van der Waals surface area contributed by atoms with Gasteiger partial charge in [0, 0.05) is 25.7 Å². The molecule has 0 saturated carbocycles. The minimum atomic E-state index is 0.466. The van der Waals surface area contributed by atoms with E-state index < -0.39 is 0 Å². The Morgan fingerprint density at radius 3 is 2.73 bits per heavy atom. The first-order valence-electron chi connectivity index (χ1n) is 6.07. The lowest BCUT2D eigenvalue weighted by Crippen LogP contribution is -2.44. The molecule has 0 amide bonds. The molecule has 0 spiro atoms. The topological polar surface area (TPSA) is 24.5 Å². The Morgan fingerprint density at radius 1 is 1.33 bits per heavy atom. The van der Waals surface area contributed by atoms with Gasteiger partial charge in [0.05, 0.1) is 12.7 Å². The molecule has 15 heavy (non-hydrogen) atoms. The molecule has 1 atom stereocenters.